The van der Waals surface area contributed by atoms with Crippen LogP contribution in [0, 0.1) is 5.92 Å². The molecule has 0 aliphatic rings. The molecule has 0 spiro atoms. The molecular formula is C18H38N2O5. The first-order chi connectivity index (χ1) is 11.3. The van der Waals surface area contributed by atoms with Crippen molar-refractivity contribution in [2.45, 2.75) is 73.0 Å². The SMILES string of the molecule is CC(=O)NCC(C)(C)OCCC(C)C.CC(C)(C)OC(=O)NCCO. The average Bonchev–Trinajstić information content (AvgIpc) is 2.41. The number of carbonyl (C=O) groups is 2. The van der Waals surface area contributed by atoms with E-state index in [1.807, 2.05) is 13.8 Å². The van der Waals surface area contributed by atoms with E-state index in [9.17, 15) is 9.59 Å². The van der Waals surface area contributed by atoms with Crippen LogP contribution in [0.4, 0.5) is 4.79 Å². The standard InChI is InChI=1S/C11H23NO2.C7H15NO3/c1-9(2)6-7-14-11(4,5)8-12-10(3)13;1-7(2,3)11-6(10)8-4-5-9/h9H,6-8H2,1-5H3,(H,12,13);9H,4-5H2,1-3H3,(H,8,10). The van der Waals surface area contributed by atoms with Gasteiger partial charge in [0.05, 0.1) is 12.2 Å². The molecule has 0 bridgehead atoms. The van der Waals surface area contributed by atoms with E-state index in [1.165, 1.54) is 6.92 Å². The van der Waals surface area contributed by atoms with Crippen molar-refractivity contribution in [3.63, 3.8) is 0 Å². The molecule has 0 fully saturated rings. The third kappa shape index (κ3) is 22.7. The van der Waals surface area contributed by atoms with Gasteiger partial charge in [-0.3, -0.25) is 4.79 Å². The zero-order chi connectivity index (χ0) is 20.1. The normalized spacial score (nSPS) is 11.4. The first kappa shape index (κ1) is 25.9. The van der Waals surface area contributed by atoms with Gasteiger partial charge < -0.3 is 25.2 Å². The molecule has 3 N–H and O–H groups in total. The largest absolute Gasteiger partial charge is 0.444 e. The lowest BCUT2D eigenvalue weighted by molar-refractivity contribution is -0.120. The van der Waals surface area contributed by atoms with Crippen molar-refractivity contribution in [3.8, 4) is 0 Å². The summed E-state index contributed by atoms with van der Waals surface area (Å²) in [6.07, 6.45) is 0.565. The Labute approximate surface area is 152 Å². The Hall–Kier alpha value is -1.34. The summed E-state index contributed by atoms with van der Waals surface area (Å²) in [5.41, 5.74) is -0.736. The topological polar surface area (TPSA) is 96.9 Å². The van der Waals surface area contributed by atoms with E-state index in [0.29, 0.717) is 12.5 Å². The highest BCUT2D eigenvalue weighted by Crippen LogP contribution is 2.10. The predicted octanol–water partition coefficient (Wildman–Crippen LogP) is 2.47. The summed E-state index contributed by atoms with van der Waals surface area (Å²) in [7, 11) is 0. The molecule has 150 valence electrons. The van der Waals surface area contributed by atoms with Gasteiger partial charge in [-0.1, -0.05) is 13.8 Å². The predicted molar refractivity (Wildman–Crippen MR) is 99.5 cm³/mol. The molecule has 0 saturated heterocycles. The third-order valence-corrected chi connectivity index (χ3v) is 2.73. The van der Waals surface area contributed by atoms with Gasteiger partial charge in [0.2, 0.25) is 5.91 Å². The first-order valence-electron chi connectivity index (χ1n) is 8.75. The maximum atomic E-state index is 10.8. The Morgan fingerprint density at radius 1 is 1.08 bits per heavy atom. The van der Waals surface area contributed by atoms with Gasteiger partial charge >= 0.3 is 6.09 Å². The molecule has 25 heavy (non-hydrogen) atoms. The van der Waals surface area contributed by atoms with Crippen LogP contribution in [0.15, 0.2) is 0 Å². The summed E-state index contributed by atoms with van der Waals surface area (Å²) >= 11 is 0. The number of alkyl carbamates (subject to hydrolysis) is 1. The van der Waals surface area contributed by atoms with Crippen LogP contribution in [-0.4, -0.2) is 54.6 Å². The van der Waals surface area contributed by atoms with E-state index in [1.54, 1.807) is 20.8 Å². The van der Waals surface area contributed by atoms with Crippen LogP contribution in [-0.2, 0) is 14.3 Å². The van der Waals surface area contributed by atoms with Crippen LogP contribution < -0.4 is 10.6 Å². The Bertz CT molecular complexity index is 376. The fourth-order valence-corrected chi connectivity index (χ4v) is 1.43. The lowest BCUT2D eigenvalue weighted by atomic mass is 10.1. The average molecular weight is 363 g/mol. The monoisotopic (exact) mass is 362 g/mol. The van der Waals surface area contributed by atoms with Crippen LogP contribution in [0.1, 0.15) is 61.8 Å². The Morgan fingerprint density at radius 3 is 2.04 bits per heavy atom. The summed E-state index contributed by atoms with van der Waals surface area (Å²) in [5.74, 6) is 0.650. The summed E-state index contributed by atoms with van der Waals surface area (Å²) in [6, 6.07) is 0. The highest BCUT2D eigenvalue weighted by Gasteiger charge is 2.18. The number of nitrogens with one attached hydrogen (secondary N) is 2. The molecule has 0 radical (unpaired) electrons. The molecule has 0 unspecified atom stereocenters. The molecule has 0 saturated carbocycles. The van der Waals surface area contributed by atoms with Crippen molar-refractivity contribution in [1.29, 1.82) is 0 Å². The first-order valence-corrected chi connectivity index (χ1v) is 8.75. The van der Waals surface area contributed by atoms with Crippen LogP contribution >= 0.6 is 0 Å². The van der Waals surface area contributed by atoms with Gasteiger partial charge in [0.1, 0.15) is 5.60 Å². The molecular weight excluding hydrogens is 324 g/mol. The van der Waals surface area contributed by atoms with E-state index >= 15 is 0 Å². The minimum Gasteiger partial charge on any atom is -0.444 e. The lowest BCUT2D eigenvalue weighted by Gasteiger charge is -2.25. The molecule has 7 heteroatoms. The maximum absolute atomic E-state index is 10.8. The van der Waals surface area contributed by atoms with E-state index in [0.717, 1.165) is 13.0 Å². The number of carbonyl (C=O) groups excluding carboxylic acids is 2. The second-order valence-corrected chi connectivity index (χ2v) is 7.85. The Balaban J connectivity index is 0. The van der Waals surface area contributed by atoms with Gasteiger partial charge in [0.25, 0.3) is 0 Å². The molecule has 0 aliphatic carbocycles. The van der Waals surface area contributed by atoms with E-state index in [4.69, 9.17) is 14.6 Å². The molecule has 0 heterocycles. The molecule has 7 nitrogen and oxygen atoms in total. The number of hydrogen-bond acceptors (Lipinski definition) is 5. The van der Waals surface area contributed by atoms with Crippen LogP contribution in [0.3, 0.4) is 0 Å². The summed E-state index contributed by atoms with van der Waals surface area (Å²) in [5, 5.41) is 13.5. The van der Waals surface area contributed by atoms with E-state index < -0.39 is 11.7 Å². The minimum absolute atomic E-state index is 0.00876. The second-order valence-electron chi connectivity index (χ2n) is 7.85. The third-order valence-electron chi connectivity index (χ3n) is 2.73. The summed E-state index contributed by atoms with van der Waals surface area (Å²) in [4.78, 5) is 21.5. The number of hydrogen-bond donors (Lipinski definition) is 3. The highest BCUT2D eigenvalue weighted by atomic mass is 16.6. The highest BCUT2D eigenvalue weighted by molar-refractivity contribution is 5.72. The van der Waals surface area contributed by atoms with Crippen LogP contribution in [0.5, 0.6) is 0 Å². The van der Waals surface area contributed by atoms with Crippen LogP contribution in [0.2, 0.25) is 0 Å². The fourth-order valence-electron chi connectivity index (χ4n) is 1.43. The van der Waals surface area contributed by atoms with Gasteiger partial charge in [-0.05, 0) is 47.0 Å². The quantitative estimate of drug-likeness (QED) is 0.616. The summed E-state index contributed by atoms with van der Waals surface area (Å²) in [6.45, 7) is 16.7. The van der Waals surface area contributed by atoms with Gasteiger partial charge in [-0.15, -0.1) is 0 Å². The Kier molecular flexibility index (Phi) is 13.4. The van der Waals surface area contributed by atoms with Crippen molar-refractivity contribution in [3.05, 3.63) is 0 Å². The number of ether oxygens (including phenoxy) is 2. The summed E-state index contributed by atoms with van der Waals surface area (Å²) < 4.78 is 10.6. The van der Waals surface area contributed by atoms with Crippen LogP contribution in [0.25, 0.3) is 0 Å². The molecule has 0 atom stereocenters. The van der Waals surface area contributed by atoms with Gasteiger partial charge in [-0.25, -0.2) is 4.79 Å². The molecule has 0 rings (SSSR count). The lowest BCUT2D eigenvalue weighted by Crippen LogP contribution is -2.39. The molecule has 0 aromatic carbocycles. The van der Waals surface area contributed by atoms with Crippen molar-refractivity contribution in [2.75, 3.05) is 26.3 Å². The van der Waals surface area contributed by atoms with Gasteiger partial charge in [-0.2, -0.15) is 0 Å². The van der Waals surface area contributed by atoms with E-state index in [2.05, 4.69) is 24.5 Å². The molecule has 0 aliphatic heterocycles. The number of aliphatic hydroxyl groups is 1. The van der Waals surface area contributed by atoms with Crippen molar-refractivity contribution >= 4 is 12.0 Å². The van der Waals surface area contributed by atoms with Crippen molar-refractivity contribution in [2.24, 2.45) is 5.92 Å². The second kappa shape index (κ2) is 12.9. The fraction of sp³-hybridized carbons (Fsp3) is 0.889. The number of aliphatic hydroxyl groups excluding tert-OH is 1. The Morgan fingerprint density at radius 2 is 1.64 bits per heavy atom. The number of rotatable bonds is 8. The van der Waals surface area contributed by atoms with Crippen molar-refractivity contribution < 1.29 is 24.2 Å². The zero-order valence-electron chi connectivity index (χ0n) is 17.2. The van der Waals surface area contributed by atoms with Crippen molar-refractivity contribution in [1.82, 2.24) is 10.6 Å². The van der Waals surface area contributed by atoms with Gasteiger partial charge in [0, 0.05) is 26.6 Å². The zero-order valence-corrected chi connectivity index (χ0v) is 17.2. The van der Waals surface area contributed by atoms with Gasteiger partial charge in [0.15, 0.2) is 0 Å². The minimum atomic E-state index is -0.494. The molecule has 0 aromatic rings. The number of amides is 2. The smallest absolute Gasteiger partial charge is 0.407 e. The molecule has 2 amide bonds. The van der Waals surface area contributed by atoms with E-state index in [-0.39, 0.29) is 24.7 Å². The maximum Gasteiger partial charge on any atom is 0.407 e. The molecule has 0 aromatic heterocycles.